The number of anilines is 1. The first-order valence-corrected chi connectivity index (χ1v) is 12.2. The van der Waals surface area contributed by atoms with E-state index in [0.29, 0.717) is 25.6 Å². The van der Waals surface area contributed by atoms with Crippen LogP contribution in [0, 0.1) is 11.3 Å². The van der Waals surface area contributed by atoms with Crippen LogP contribution < -0.4 is 21.5 Å². The molecular formula is C24H31N9O4. The van der Waals surface area contributed by atoms with Crippen LogP contribution in [0.25, 0.3) is 11.2 Å². The lowest BCUT2D eigenvalue weighted by atomic mass is 10.1. The van der Waals surface area contributed by atoms with Gasteiger partial charge in [-0.2, -0.15) is 10.2 Å². The number of carbonyl (C=O) groups is 1. The summed E-state index contributed by atoms with van der Waals surface area (Å²) in [6.07, 6.45) is 3.91. The van der Waals surface area contributed by atoms with Gasteiger partial charge in [0.2, 0.25) is 5.95 Å². The summed E-state index contributed by atoms with van der Waals surface area (Å²) in [4.78, 5) is 53.9. The number of aryl methyl sites for hydroxylation is 2. The van der Waals surface area contributed by atoms with E-state index in [9.17, 15) is 19.6 Å². The Hall–Kier alpha value is -4.21. The standard InChI is InChI=1S/C24H31N9O4/c1-6-32-18-19(29-21(32)31-11-7-8-15(13-31)28-22(35)37-24(2,3)4)30(5)23(36)33(20(18)34)14-17-16(12-25)26-9-10-27-17/h9-10,15H,6-8,11,13-14H2,1-5H3,(H,28,35)/t15-/m1/s1. The number of fused-ring (bicyclic) bond motifs is 1. The van der Waals surface area contributed by atoms with E-state index in [-0.39, 0.29) is 35.1 Å². The topological polar surface area (TPSA) is 153 Å². The lowest BCUT2D eigenvalue weighted by Crippen LogP contribution is -2.49. The van der Waals surface area contributed by atoms with E-state index in [0.717, 1.165) is 17.4 Å². The minimum Gasteiger partial charge on any atom is -0.444 e. The molecule has 1 fully saturated rings. The number of ether oxygens (including phenoxy) is 1. The van der Waals surface area contributed by atoms with E-state index in [1.807, 2.05) is 38.7 Å². The quantitative estimate of drug-likeness (QED) is 0.533. The number of nitrogens with zero attached hydrogens (tertiary/aromatic N) is 8. The maximum Gasteiger partial charge on any atom is 0.407 e. The van der Waals surface area contributed by atoms with Crippen LogP contribution >= 0.6 is 0 Å². The number of nitrogens with one attached hydrogen (secondary N) is 1. The first kappa shape index (κ1) is 25.9. The van der Waals surface area contributed by atoms with Crippen LogP contribution in [0.15, 0.2) is 22.0 Å². The molecule has 1 atom stereocenters. The molecule has 1 aliphatic heterocycles. The van der Waals surface area contributed by atoms with Crippen molar-refractivity contribution in [3.05, 3.63) is 44.6 Å². The first-order chi connectivity index (χ1) is 17.5. The highest BCUT2D eigenvalue weighted by Crippen LogP contribution is 2.23. The van der Waals surface area contributed by atoms with E-state index in [1.54, 1.807) is 11.6 Å². The van der Waals surface area contributed by atoms with Crippen LogP contribution in [0.4, 0.5) is 10.7 Å². The van der Waals surface area contributed by atoms with Crippen molar-refractivity contribution in [3.8, 4) is 6.07 Å². The van der Waals surface area contributed by atoms with Crippen LogP contribution in [0.1, 0.15) is 51.9 Å². The number of amides is 1. The first-order valence-electron chi connectivity index (χ1n) is 12.2. The maximum atomic E-state index is 13.6. The highest BCUT2D eigenvalue weighted by molar-refractivity contribution is 5.75. The molecule has 4 rings (SSSR count). The molecule has 3 aromatic heterocycles. The number of rotatable bonds is 5. The molecule has 4 heterocycles. The normalized spacial score (nSPS) is 16.0. The molecule has 196 valence electrons. The van der Waals surface area contributed by atoms with Crippen LogP contribution in [0.3, 0.4) is 0 Å². The lowest BCUT2D eigenvalue weighted by molar-refractivity contribution is 0.0499. The smallest absolute Gasteiger partial charge is 0.407 e. The zero-order valence-corrected chi connectivity index (χ0v) is 21.7. The van der Waals surface area contributed by atoms with Crippen LogP contribution in [0.5, 0.6) is 0 Å². The Bertz CT molecular complexity index is 1490. The Morgan fingerprint density at radius 2 is 1.97 bits per heavy atom. The zero-order chi connectivity index (χ0) is 26.9. The van der Waals surface area contributed by atoms with E-state index in [1.165, 1.54) is 17.0 Å². The van der Waals surface area contributed by atoms with Crippen molar-refractivity contribution in [2.75, 3.05) is 18.0 Å². The van der Waals surface area contributed by atoms with Gasteiger partial charge in [0, 0.05) is 45.1 Å². The zero-order valence-electron chi connectivity index (χ0n) is 21.7. The van der Waals surface area contributed by atoms with Crippen molar-refractivity contribution in [2.45, 2.75) is 65.3 Å². The minimum atomic E-state index is -0.599. The summed E-state index contributed by atoms with van der Waals surface area (Å²) in [5, 5.41) is 12.3. The Balaban J connectivity index is 1.72. The Labute approximate surface area is 213 Å². The minimum absolute atomic E-state index is 0.0538. The number of hydrogen-bond donors (Lipinski definition) is 1. The fraction of sp³-hybridized carbons (Fsp3) is 0.542. The molecule has 1 aliphatic rings. The van der Waals surface area contributed by atoms with Crippen molar-refractivity contribution in [2.24, 2.45) is 7.05 Å². The van der Waals surface area contributed by atoms with Crippen molar-refractivity contribution in [3.63, 3.8) is 0 Å². The SMILES string of the molecule is CCn1c(N2CCC[C@@H](NC(=O)OC(C)(C)C)C2)nc2c1c(=O)n(Cc1nccnc1C#N)c(=O)n2C. The van der Waals surface area contributed by atoms with E-state index < -0.39 is 22.9 Å². The van der Waals surface area contributed by atoms with Gasteiger partial charge in [0.15, 0.2) is 16.9 Å². The fourth-order valence-electron chi connectivity index (χ4n) is 4.52. The molecule has 0 aromatic carbocycles. The molecule has 0 saturated carbocycles. The van der Waals surface area contributed by atoms with Crippen molar-refractivity contribution >= 4 is 23.2 Å². The van der Waals surface area contributed by atoms with E-state index in [4.69, 9.17) is 9.72 Å². The summed E-state index contributed by atoms with van der Waals surface area (Å²) in [6, 6.07) is 1.79. The summed E-state index contributed by atoms with van der Waals surface area (Å²) in [5.74, 6) is 0.551. The molecule has 0 unspecified atom stereocenters. The average Bonchev–Trinajstić information content (AvgIpc) is 3.24. The van der Waals surface area contributed by atoms with Gasteiger partial charge >= 0.3 is 11.8 Å². The van der Waals surface area contributed by atoms with Crippen molar-refractivity contribution in [1.29, 1.82) is 5.26 Å². The number of hydrogen-bond acceptors (Lipinski definition) is 9. The van der Waals surface area contributed by atoms with Crippen molar-refractivity contribution < 1.29 is 9.53 Å². The van der Waals surface area contributed by atoms with Crippen molar-refractivity contribution in [1.82, 2.24) is 34.0 Å². The predicted molar refractivity (Wildman–Crippen MR) is 135 cm³/mol. The van der Waals surface area contributed by atoms with Gasteiger partial charge in [0.05, 0.1) is 12.2 Å². The van der Waals surface area contributed by atoms with Gasteiger partial charge in [-0.1, -0.05) is 0 Å². The van der Waals surface area contributed by atoms with Crippen LogP contribution in [0.2, 0.25) is 0 Å². The summed E-state index contributed by atoms with van der Waals surface area (Å²) in [7, 11) is 1.56. The van der Waals surface area contributed by atoms with Gasteiger partial charge < -0.3 is 19.5 Å². The third-order valence-electron chi connectivity index (χ3n) is 6.14. The van der Waals surface area contributed by atoms with Crippen LogP contribution in [-0.2, 0) is 24.9 Å². The number of aromatic nitrogens is 6. The molecule has 1 N–H and O–H groups in total. The molecule has 0 radical (unpaired) electrons. The summed E-state index contributed by atoms with van der Waals surface area (Å²) < 4.78 is 9.56. The monoisotopic (exact) mass is 509 g/mol. The second-order valence-electron chi connectivity index (χ2n) is 9.96. The Morgan fingerprint density at radius 3 is 2.65 bits per heavy atom. The molecule has 1 saturated heterocycles. The van der Waals surface area contributed by atoms with E-state index >= 15 is 0 Å². The molecule has 0 bridgehead atoms. The summed E-state index contributed by atoms with van der Waals surface area (Å²) >= 11 is 0. The largest absolute Gasteiger partial charge is 0.444 e. The second-order valence-corrected chi connectivity index (χ2v) is 9.96. The molecule has 1 amide bonds. The number of imidazole rings is 1. The predicted octanol–water partition coefficient (Wildman–Crippen LogP) is 1.12. The molecule has 3 aromatic rings. The molecule has 13 heteroatoms. The number of nitriles is 1. The third-order valence-corrected chi connectivity index (χ3v) is 6.14. The fourth-order valence-corrected chi connectivity index (χ4v) is 4.52. The van der Waals surface area contributed by atoms with Gasteiger partial charge in [-0.25, -0.2) is 14.6 Å². The van der Waals surface area contributed by atoms with Gasteiger partial charge in [0.25, 0.3) is 5.56 Å². The number of alkyl carbamates (subject to hydrolysis) is 1. The molecular weight excluding hydrogens is 478 g/mol. The summed E-state index contributed by atoms with van der Waals surface area (Å²) in [6.45, 7) is 8.75. The van der Waals surface area contributed by atoms with Crippen LogP contribution in [-0.4, -0.2) is 59.5 Å². The highest BCUT2D eigenvalue weighted by atomic mass is 16.6. The average molecular weight is 510 g/mol. The highest BCUT2D eigenvalue weighted by Gasteiger charge is 2.29. The Kier molecular flexibility index (Phi) is 7.02. The van der Waals surface area contributed by atoms with Gasteiger partial charge in [-0.05, 0) is 40.5 Å². The van der Waals surface area contributed by atoms with E-state index in [2.05, 4.69) is 15.3 Å². The molecule has 37 heavy (non-hydrogen) atoms. The maximum absolute atomic E-state index is 13.6. The van der Waals surface area contributed by atoms with Gasteiger partial charge in [-0.3, -0.25) is 18.9 Å². The van der Waals surface area contributed by atoms with Gasteiger partial charge in [0.1, 0.15) is 11.7 Å². The van der Waals surface area contributed by atoms with Gasteiger partial charge in [-0.15, -0.1) is 0 Å². The molecule has 13 nitrogen and oxygen atoms in total. The summed E-state index contributed by atoms with van der Waals surface area (Å²) in [5.41, 5.74) is -0.847. The molecule has 0 aliphatic carbocycles. The Morgan fingerprint density at radius 1 is 1.24 bits per heavy atom. The second kappa shape index (κ2) is 10.0. The number of carbonyl (C=O) groups excluding carboxylic acids is 1. The lowest BCUT2D eigenvalue weighted by Gasteiger charge is -2.34. The third kappa shape index (κ3) is 5.18. The number of piperidine rings is 1. The molecule has 0 spiro atoms.